The Morgan fingerprint density at radius 1 is 0.855 bits per heavy atom. The molecule has 3 fully saturated rings. The molecule has 1 aromatic heterocycles. The second-order valence-corrected chi connectivity index (χ2v) is 16.2. The standard InChI is InChI=1S/C40H56N8O7/c1-5-12-28(32(49)37(53)43-26-17-18-26)44-34(50)27-22-48(39(55)25-15-10-7-11-16-25)23-30(27)45-38(54)33(40(2,3)4)47-36(52)31(24-13-8-6-9-14-24)46-35(51)29-21-41-19-20-42-29/h7,10-11,15-16,19-21,24,26-28,30-33,49H,5-6,8-9,12-14,17-18,22-23H2,1-4H3,(H,43,53)(H,44,50)(H,45,54)(H,46,51)(H,47,52)/t27-,28+,30?,31+,32?,33?/m1/s1. The van der Waals surface area contributed by atoms with Crippen LogP contribution in [0.1, 0.15) is 106 Å². The topological polar surface area (TPSA) is 212 Å². The number of likely N-dealkylation sites (tertiary alicyclic amines) is 1. The van der Waals surface area contributed by atoms with Crippen LogP contribution in [0.15, 0.2) is 48.9 Å². The summed E-state index contributed by atoms with van der Waals surface area (Å²) >= 11 is 0. The van der Waals surface area contributed by atoms with E-state index in [9.17, 15) is 33.9 Å². The molecule has 3 unspecified atom stereocenters. The molecule has 15 heteroatoms. The van der Waals surface area contributed by atoms with Crippen molar-refractivity contribution < 1.29 is 33.9 Å². The SMILES string of the molecule is CCC[C@H](NC(=O)[C@@H]1CN(C(=O)c2ccccc2)CC1NC(=O)C(NC(=O)[C@@H](NC(=O)c1cnccn1)C1CCCCC1)C(C)(C)C)C(O)C(=O)NC1CC1. The Hall–Kier alpha value is -4.92. The molecule has 298 valence electrons. The molecule has 2 saturated carbocycles. The number of hydrogen-bond acceptors (Lipinski definition) is 9. The summed E-state index contributed by atoms with van der Waals surface area (Å²) in [6.45, 7) is 7.27. The van der Waals surface area contributed by atoms with E-state index in [1.807, 2.05) is 6.92 Å². The lowest BCUT2D eigenvalue weighted by Crippen LogP contribution is -2.61. The normalized spacial score (nSPS) is 21.0. The predicted octanol–water partition coefficient (Wildman–Crippen LogP) is 1.87. The third kappa shape index (κ3) is 11.1. The first-order valence-electron chi connectivity index (χ1n) is 19.6. The smallest absolute Gasteiger partial charge is 0.272 e. The van der Waals surface area contributed by atoms with Crippen LogP contribution in [-0.4, -0.2) is 105 Å². The van der Waals surface area contributed by atoms with Gasteiger partial charge < -0.3 is 36.6 Å². The van der Waals surface area contributed by atoms with Gasteiger partial charge in [-0.3, -0.25) is 33.8 Å². The first-order chi connectivity index (χ1) is 26.3. The number of hydrogen-bond donors (Lipinski definition) is 6. The van der Waals surface area contributed by atoms with Gasteiger partial charge in [-0.05, 0) is 55.6 Å². The molecule has 0 radical (unpaired) electrons. The van der Waals surface area contributed by atoms with Crippen molar-refractivity contribution in [3.8, 4) is 0 Å². The molecular weight excluding hydrogens is 704 g/mol. The van der Waals surface area contributed by atoms with Gasteiger partial charge in [0, 0.05) is 37.1 Å². The maximum Gasteiger partial charge on any atom is 0.272 e. The highest BCUT2D eigenvalue weighted by molar-refractivity contribution is 5.98. The summed E-state index contributed by atoms with van der Waals surface area (Å²) < 4.78 is 0. The van der Waals surface area contributed by atoms with E-state index in [0.29, 0.717) is 18.4 Å². The summed E-state index contributed by atoms with van der Waals surface area (Å²) in [6.07, 6.45) is 9.58. The minimum absolute atomic E-state index is 0.00436. The van der Waals surface area contributed by atoms with Gasteiger partial charge in [0.15, 0.2) is 6.10 Å². The fourth-order valence-electron chi connectivity index (χ4n) is 7.42. The van der Waals surface area contributed by atoms with Crippen molar-refractivity contribution in [3.63, 3.8) is 0 Å². The first-order valence-corrected chi connectivity index (χ1v) is 19.6. The van der Waals surface area contributed by atoms with Crippen LogP contribution in [0.4, 0.5) is 0 Å². The van der Waals surface area contributed by atoms with Gasteiger partial charge in [0.05, 0.1) is 24.2 Å². The lowest BCUT2D eigenvalue weighted by Gasteiger charge is -2.35. The molecule has 6 amide bonds. The molecule has 0 spiro atoms. The van der Waals surface area contributed by atoms with E-state index in [4.69, 9.17) is 0 Å². The molecule has 6 atom stereocenters. The second kappa shape index (κ2) is 18.6. The van der Waals surface area contributed by atoms with E-state index in [1.54, 1.807) is 51.1 Å². The number of aliphatic hydroxyl groups is 1. The van der Waals surface area contributed by atoms with Gasteiger partial charge in [0.2, 0.25) is 17.7 Å². The Morgan fingerprint density at radius 3 is 2.18 bits per heavy atom. The number of amides is 6. The van der Waals surface area contributed by atoms with E-state index >= 15 is 0 Å². The minimum Gasteiger partial charge on any atom is -0.381 e. The number of aromatic nitrogens is 2. The lowest BCUT2D eigenvalue weighted by atomic mass is 9.82. The maximum atomic E-state index is 14.3. The van der Waals surface area contributed by atoms with E-state index < -0.39 is 71.1 Å². The van der Waals surface area contributed by atoms with Crippen molar-refractivity contribution in [1.82, 2.24) is 41.5 Å². The highest BCUT2D eigenvalue weighted by Gasteiger charge is 2.45. The van der Waals surface area contributed by atoms with Crippen LogP contribution in [0, 0.1) is 17.3 Å². The average Bonchev–Trinajstić information content (AvgIpc) is 3.90. The van der Waals surface area contributed by atoms with Crippen molar-refractivity contribution in [1.29, 1.82) is 0 Å². The number of rotatable bonds is 15. The van der Waals surface area contributed by atoms with E-state index in [0.717, 1.165) is 44.9 Å². The second-order valence-electron chi connectivity index (χ2n) is 16.2. The molecule has 0 bridgehead atoms. The number of aliphatic hydroxyl groups excluding tert-OH is 1. The first kappa shape index (κ1) is 41.2. The van der Waals surface area contributed by atoms with Crippen LogP contribution in [0.5, 0.6) is 0 Å². The van der Waals surface area contributed by atoms with Gasteiger partial charge in [-0.25, -0.2) is 4.98 Å². The molecule has 6 N–H and O–H groups in total. The molecule has 1 saturated heterocycles. The van der Waals surface area contributed by atoms with Crippen molar-refractivity contribution in [3.05, 3.63) is 60.2 Å². The summed E-state index contributed by atoms with van der Waals surface area (Å²) in [5.41, 5.74) is -0.326. The molecule has 55 heavy (non-hydrogen) atoms. The third-order valence-electron chi connectivity index (χ3n) is 10.7. The number of carbonyl (C=O) groups is 6. The van der Waals surface area contributed by atoms with Crippen LogP contribution in [0.25, 0.3) is 0 Å². The quantitative estimate of drug-likeness (QED) is 0.156. The highest BCUT2D eigenvalue weighted by atomic mass is 16.3. The van der Waals surface area contributed by atoms with Crippen molar-refractivity contribution in [2.45, 2.75) is 122 Å². The van der Waals surface area contributed by atoms with Crippen molar-refractivity contribution in [2.24, 2.45) is 17.3 Å². The molecule has 2 aliphatic carbocycles. The number of nitrogens with zero attached hydrogens (tertiary/aromatic N) is 3. The number of nitrogens with one attached hydrogen (secondary N) is 5. The summed E-state index contributed by atoms with van der Waals surface area (Å²) in [5, 5.41) is 25.3. The molecule has 3 aliphatic rings. The van der Waals surface area contributed by atoms with Crippen LogP contribution < -0.4 is 26.6 Å². The van der Waals surface area contributed by atoms with Gasteiger partial charge in [-0.2, -0.15) is 0 Å². The summed E-state index contributed by atoms with van der Waals surface area (Å²) in [6, 6.07) is 4.85. The van der Waals surface area contributed by atoms with Crippen molar-refractivity contribution >= 4 is 35.4 Å². The Labute approximate surface area is 322 Å². The van der Waals surface area contributed by atoms with Crippen LogP contribution in [0.2, 0.25) is 0 Å². The summed E-state index contributed by atoms with van der Waals surface area (Å²) in [7, 11) is 0. The zero-order valence-electron chi connectivity index (χ0n) is 32.3. The Balaban J connectivity index is 1.35. The molecule has 1 aliphatic heterocycles. The van der Waals surface area contributed by atoms with E-state index in [1.165, 1.54) is 23.5 Å². The monoisotopic (exact) mass is 760 g/mol. The molecule has 15 nitrogen and oxygen atoms in total. The summed E-state index contributed by atoms with van der Waals surface area (Å²) in [4.78, 5) is 91.6. The number of benzene rings is 1. The number of carbonyl (C=O) groups excluding carboxylic acids is 6. The van der Waals surface area contributed by atoms with Crippen LogP contribution in [-0.2, 0) is 19.2 Å². The van der Waals surface area contributed by atoms with Gasteiger partial charge in [0.1, 0.15) is 17.8 Å². The van der Waals surface area contributed by atoms with Crippen LogP contribution in [0.3, 0.4) is 0 Å². The average molecular weight is 761 g/mol. The molecule has 1 aromatic carbocycles. The predicted molar refractivity (Wildman–Crippen MR) is 203 cm³/mol. The largest absolute Gasteiger partial charge is 0.381 e. The van der Waals surface area contributed by atoms with Crippen molar-refractivity contribution in [2.75, 3.05) is 13.1 Å². The van der Waals surface area contributed by atoms with Gasteiger partial charge in [-0.1, -0.05) is 71.6 Å². The van der Waals surface area contributed by atoms with E-state index in [-0.39, 0.29) is 36.7 Å². The third-order valence-corrected chi connectivity index (χ3v) is 10.7. The zero-order chi connectivity index (χ0) is 39.7. The molecule has 2 heterocycles. The Kier molecular flexibility index (Phi) is 14.0. The summed E-state index contributed by atoms with van der Waals surface area (Å²) in [5.74, 6) is -4.11. The highest BCUT2D eigenvalue weighted by Crippen LogP contribution is 2.29. The van der Waals surface area contributed by atoms with Gasteiger partial charge in [-0.15, -0.1) is 0 Å². The molecular formula is C40H56N8O7. The van der Waals surface area contributed by atoms with E-state index in [2.05, 4.69) is 36.6 Å². The molecule has 2 aromatic rings. The van der Waals surface area contributed by atoms with Crippen LogP contribution >= 0.6 is 0 Å². The minimum atomic E-state index is -1.48. The molecule has 5 rings (SSSR count). The Bertz CT molecular complexity index is 1660. The lowest BCUT2D eigenvalue weighted by molar-refractivity contribution is -0.135. The fourth-order valence-corrected chi connectivity index (χ4v) is 7.42. The fraction of sp³-hybridized carbons (Fsp3) is 0.600. The Morgan fingerprint density at radius 2 is 1.56 bits per heavy atom. The maximum absolute atomic E-state index is 14.3. The zero-order valence-corrected chi connectivity index (χ0v) is 32.3. The van der Waals surface area contributed by atoms with Gasteiger partial charge >= 0.3 is 0 Å². The van der Waals surface area contributed by atoms with Gasteiger partial charge in [0.25, 0.3) is 17.7 Å².